The number of aromatic nitrogens is 3. The van der Waals surface area contributed by atoms with E-state index in [9.17, 15) is 9.18 Å². The van der Waals surface area contributed by atoms with Gasteiger partial charge in [-0.1, -0.05) is 18.2 Å². The fraction of sp³-hybridized carbons (Fsp3) is 0.304. The Morgan fingerprint density at radius 3 is 2.60 bits per heavy atom. The number of anilines is 1. The largest absolute Gasteiger partial charge is 0.347 e. The number of rotatable bonds is 4. The normalized spacial score (nSPS) is 16.4. The second-order valence-electron chi connectivity index (χ2n) is 7.60. The molecule has 154 valence electrons. The van der Waals surface area contributed by atoms with Gasteiger partial charge in [0.1, 0.15) is 11.5 Å². The SMILES string of the molecule is CN(C)c1ncc(-c2ccc(F)cc2)c([C@H]2CCCCN2C(=O)c2ccccn2)n1. The third-order valence-electron chi connectivity index (χ3n) is 5.32. The lowest BCUT2D eigenvalue weighted by Crippen LogP contribution is -2.39. The Kier molecular flexibility index (Phi) is 5.70. The molecule has 3 aromatic rings. The lowest BCUT2D eigenvalue weighted by Gasteiger charge is -2.36. The van der Waals surface area contributed by atoms with Crippen molar-refractivity contribution in [1.29, 1.82) is 0 Å². The van der Waals surface area contributed by atoms with Crippen molar-refractivity contribution < 1.29 is 9.18 Å². The summed E-state index contributed by atoms with van der Waals surface area (Å²) in [4.78, 5) is 30.5. The predicted molar refractivity (Wildman–Crippen MR) is 114 cm³/mol. The summed E-state index contributed by atoms with van der Waals surface area (Å²) >= 11 is 0. The Morgan fingerprint density at radius 2 is 1.90 bits per heavy atom. The molecule has 2 aromatic heterocycles. The van der Waals surface area contributed by atoms with Gasteiger partial charge in [0, 0.05) is 38.6 Å². The zero-order valence-electron chi connectivity index (χ0n) is 17.1. The summed E-state index contributed by atoms with van der Waals surface area (Å²) in [5, 5.41) is 0. The summed E-state index contributed by atoms with van der Waals surface area (Å²) in [6.45, 7) is 0.643. The highest BCUT2D eigenvalue weighted by atomic mass is 19.1. The molecule has 1 aliphatic rings. The minimum Gasteiger partial charge on any atom is -0.347 e. The number of piperidine rings is 1. The zero-order chi connectivity index (χ0) is 21.1. The first-order valence-corrected chi connectivity index (χ1v) is 10.1. The van der Waals surface area contributed by atoms with Crippen LogP contribution in [-0.2, 0) is 0 Å². The number of nitrogens with zero attached hydrogens (tertiary/aromatic N) is 5. The number of amides is 1. The number of pyridine rings is 1. The number of benzene rings is 1. The van der Waals surface area contributed by atoms with Gasteiger partial charge in [0.05, 0.1) is 11.7 Å². The van der Waals surface area contributed by atoms with Crippen molar-refractivity contribution in [3.63, 3.8) is 0 Å². The number of carbonyl (C=O) groups excluding carboxylic acids is 1. The topological polar surface area (TPSA) is 62.2 Å². The van der Waals surface area contributed by atoms with Gasteiger partial charge in [0.25, 0.3) is 5.91 Å². The molecule has 1 saturated heterocycles. The zero-order valence-corrected chi connectivity index (χ0v) is 17.1. The van der Waals surface area contributed by atoms with Crippen LogP contribution >= 0.6 is 0 Å². The van der Waals surface area contributed by atoms with Gasteiger partial charge < -0.3 is 9.80 Å². The van der Waals surface area contributed by atoms with E-state index in [0.717, 1.165) is 36.1 Å². The lowest BCUT2D eigenvalue weighted by atomic mass is 9.93. The van der Waals surface area contributed by atoms with Crippen molar-refractivity contribution in [3.05, 3.63) is 72.1 Å². The molecule has 1 atom stereocenters. The third-order valence-corrected chi connectivity index (χ3v) is 5.32. The second-order valence-corrected chi connectivity index (χ2v) is 7.60. The van der Waals surface area contributed by atoms with Crippen molar-refractivity contribution in [3.8, 4) is 11.1 Å². The van der Waals surface area contributed by atoms with Gasteiger partial charge in [-0.2, -0.15) is 0 Å². The van der Waals surface area contributed by atoms with Crippen LogP contribution < -0.4 is 4.90 Å². The first-order chi connectivity index (χ1) is 14.5. The molecule has 0 bridgehead atoms. The highest BCUT2D eigenvalue weighted by Crippen LogP contribution is 2.37. The minimum atomic E-state index is -0.296. The molecule has 0 aliphatic carbocycles. The van der Waals surface area contributed by atoms with Crippen LogP contribution in [0, 0.1) is 5.82 Å². The number of halogens is 1. The molecule has 0 spiro atoms. The van der Waals surface area contributed by atoms with E-state index in [1.807, 2.05) is 30.0 Å². The van der Waals surface area contributed by atoms with Crippen molar-refractivity contribution in [2.24, 2.45) is 0 Å². The maximum absolute atomic E-state index is 13.5. The summed E-state index contributed by atoms with van der Waals surface area (Å²) in [6, 6.07) is 11.5. The number of hydrogen-bond donors (Lipinski definition) is 0. The summed E-state index contributed by atoms with van der Waals surface area (Å²) in [5.41, 5.74) is 2.85. The number of carbonyl (C=O) groups is 1. The fourth-order valence-corrected chi connectivity index (χ4v) is 3.80. The Labute approximate surface area is 175 Å². The van der Waals surface area contributed by atoms with Crippen LogP contribution in [0.25, 0.3) is 11.1 Å². The van der Waals surface area contributed by atoms with E-state index in [1.165, 1.54) is 12.1 Å². The smallest absolute Gasteiger partial charge is 0.273 e. The van der Waals surface area contributed by atoms with Crippen LogP contribution in [0.5, 0.6) is 0 Å². The average molecular weight is 405 g/mol. The van der Waals surface area contributed by atoms with Crippen molar-refractivity contribution in [2.45, 2.75) is 25.3 Å². The lowest BCUT2D eigenvalue weighted by molar-refractivity contribution is 0.0600. The Balaban J connectivity index is 1.80. The second kappa shape index (κ2) is 8.57. The van der Waals surface area contributed by atoms with Gasteiger partial charge in [0.15, 0.2) is 0 Å². The molecule has 6 nitrogen and oxygen atoms in total. The summed E-state index contributed by atoms with van der Waals surface area (Å²) < 4.78 is 13.5. The Bertz CT molecular complexity index is 1020. The van der Waals surface area contributed by atoms with E-state index < -0.39 is 0 Å². The van der Waals surface area contributed by atoms with Crippen LogP contribution in [-0.4, -0.2) is 46.4 Å². The standard InChI is InChI=1S/C23H24FN5O/c1-28(2)23-26-15-18(16-9-11-17(24)12-10-16)21(27-23)20-8-4-6-14-29(20)22(30)19-7-3-5-13-25-19/h3,5,7,9-13,15,20H,4,6,8,14H2,1-2H3/t20-/m1/s1. The van der Waals surface area contributed by atoms with Gasteiger partial charge in [0.2, 0.25) is 5.95 Å². The predicted octanol–water partition coefficient (Wildman–Crippen LogP) is 4.11. The molecular weight excluding hydrogens is 381 g/mol. The molecule has 30 heavy (non-hydrogen) atoms. The number of hydrogen-bond acceptors (Lipinski definition) is 5. The summed E-state index contributed by atoms with van der Waals surface area (Å²) in [6.07, 6.45) is 6.14. The maximum Gasteiger partial charge on any atom is 0.273 e. The minimum absolute atomic E-state index is 0.102. The average Bonchev–Trinajstić information content (AvgIpc) is 2.79. The molecule has 1 fully saturated rings. The van der Waals surface area contributed by atoms with Crippen molar-refractivity contribution in [2.75, 3.05) is 25.5 Å². The quantitative estimate of drug-likeness (QED) is 0.654. The van der Waals surface area contributed by atoms with E-state index in [-0.39, 0.29) is 17.8 Å². The van der Waals surface area contributed by atoms with Crippen LogP contribution in [0.4, 0.5) is 10.3 Å². The Hall–Kier alpha value is -3.35. The molecule has 0 saturated carbocycles. The molecule has 1 aliphatic heterocycles. The molecule has 1 amide bonds. The van der Waals surface area contributed by atoms with Gasteiger partial charge in [-0.05, 0) is 49.1 Å². The van der Waals surface area contributed by atoms with E-state index >= 15 is 0 Å². The molecular formula is C23H24FN5O. The molecule has 3 heterocycles. The van der Waals surface area contributed by atoms with Crippen molar-refractivity contribution in [1.82, 2.24) is 19.9 Å². The molecule has 4 rings (SSSR count). The van der Waals surface area contributed by atoms with Gasteiger partial charge in [-0.3, -0.25) is 9.78 Å². The van der Waals surface area contributed by atoms with Crippen molar-refractivity contribution >= 4 is 11.9 Å². The van der Waals surface area contributed by atoms with Crippen LogP contribution in [0.15, 0.2) is 54.9 Å². The molecule has 1 aromatic carbocycles. The van der Waals surface area contributed by atoms with Gasteiger partial charge in [-0.25, -0.2) is 14.4 Å². The summed E-state index contributed by atoms with van der Waals surface area (Å²) in [5.74, 6) is 0.179. The Morgan fingerprint density at radius 1 is 1.10 bits per heavy atom. The van der Waals surface area contributed by atoms with Gasteiger partial charge >= 0.3 is 0 Å². The molecule has 0 N–H and O–H groups in total. The monoisotopic (exact) mass is 405 g/mol. The molecule has 0 unspecified atom stereocenters. The third kappa shape index (κ3) is 4.01. The highest BCUT2D eigenvalue weighted by Gasteiger charge is 2.32. The molecule has 7 heteroatoms. The highest BCUT2D eigenvalue weighted by molar-refractivity contribution is 5.92. The first-order valence-electron chi connectivity index (χ1n) is 10.1. The van der Waals surface area contributed by atoms with E-state index in [2.05, 4.69) is 9.97 Å². The van der Waals surface area contributed by atoms with E-state index in [1.54, 1.807) is 36.7 Å². The van der Waals surface area contributed by atoms with Gasteiger partial charge in [-0.15, -0.1) is 0 Å². The fourth-order valence-electron chi connectivity index (χ4n) is 3.80. The first kappa shape index (κ1) is 19.9. The van der Waals surface area contributed by atoms with Crippen LogP contribution in [0.3, 0.4) is 0 Å². The van der Waals surface area contributed by atoms with Crippen LogP contribution in [0.2, 0.25) is 0 Å². The maximum atomic E-state index is 13.5. The molecule has 0 radical (unpaired) electrons. The number of likely N-dealkylation sites (tertiary alicyclic amines) is 1. The summed E-state index contributed by atoms with van der Waals surface area (Å²) in [7, 11) is 3.77. The van der Waals surface area contributed by atoms with E-state index in [4.69, 9.17) is 4.98 Å². The van der Waals surface area contributed by atoms with E-state index in [0.29, 0.717) is 18.2 Å². The van der Waals surface area contributed by atoms with Crippen LogP contribution in [0.1, 0.15) is 41.5 Å².